The van der Waals surface area contributed by atoms with Gasteiger partial charge in [-0.3, -0.25) is 14.5 Å². The van der Waals surface area contributed by atoms with Crippen LogP contribution in [0.5, 0.6) is 0 Å². The van der Waals surface area contributed by atoms with Crippen molar-refractivity contribution in [2.75, 3.05) is 32.7 Å². The Hall–Kier alpha value is -1.20. The maximum atomic E-state index is 11.9. The molecule has 0 aliphatic carbocycles. The molecule has 2 heterocycles. The molecule has 1 aliphatic rings. The Morgan fingerprint density at radius 2 is 2.00 bits per heavy atom. The molecule has 0 N–H and O–H groups in total. The van der Waals surface area contributed by atoms with Crippen LogP contribution in [-0.2, 0) is 4.79 Å². The minimum Gasteiger partial charge on any atom is -0.340 e. The minimum atomic E-state index is 0.120. The molecule has 0 saturated carbocycles. The zero-order valence-corrected chi connectivity index (χ0v) is 10.7. The summed E-state index contributed by atoms with van der Waals surface area (Å²) in [6.45, 7) is 5.09. The summed E-state index contributed by atoms with van der Waals surface area (Å²) in [4.78, 5) is 27.8. The number of nitrogens with zero attached hydrogens (tertiary/aromatic N) is 2. The monoisotopic (exact) mass is 252 g/mol. The fourth-order valence-electron chi connectivity index (χ4n) is 1.94. The average molecular weight is 252 g/mol. The van der Waals surface area contributed by atoms with E-state index in [1.807, 2.05) is 22.4 Å². The molecular formula is C12H16N2O2S. The number of hydrogen-bond donors (Lipinski definition) is 0. The highest BCUT2D eigenvalue weighted by atomic mass is 32.1. The molecule has 0 radical (unpaired) electrons. The quantitative estimate of drug-likeness (QED) is 0.756. The van der Waals surface area contributed by atoms with Crippen molar-refractivity contribution in [1.29, 1.82) is 0 Å². The number of ketones is 1. The third-order valence-corrected chi connectivity index (χ3v) is 3.89. The van der Waals surface area contributed by atoms with Crippen molar-refractivity contribution in [1.82, 2.24) is 9.80 Å². The van der Waals surface area contributed by atoms with Gasteiger partial charge in [0, 0.05) is 33.1 Å². The summed E-state index contributed by atoms with van der Waals surface area (Å²) in [5.74, 6) is 0.297. The summed E-state index contributed by atoms with van der Waals surface area (Å²) in [6.07, 6.45) is 0. The molecule has 0 spiro atoms. The van der Waals surface area contributed by atoms with Gasteiger partial charge in [0.2, 0.25) is 5.91 Å². The van der Waals surface area contributed by atoms with Crippen molar-refractivity contribution in [3.8, 4) is 0 Å². The molecule has 0 bridgehead atoms. The van der Waals surface area contributed by atoms with Crippen LogP contribution >= 0.6 is 11.3 Å². The molecule has 92 valence electrons. The van der Waals surface area contributed by atoms with E-state index < -0.39 is 0 Å². The number of carbonyl (C=O) groups excluding carboxylic acids is 2. The number of Topliss-reactive ketones (excluding diaryl/α,β-unsaturated/α-hetero) is 1. The molecule has 1 aromatic heterocycles. The van der Waals surface area contributed by atoms with Crippen molar-refractivity contribution in [2.24, 2.45) is 0 Å². The second kappa shape index (κ2) is 5.42. The van der Waals surface area contributed by atoms with Crippen molar-refractivity contribution >= 4 is 23.0 Å². The number of hydrogen-bond acceptors (Lipinski definition) is 4. The topological polar surface area (TPSA) is 40.6 Å². The summed E-state index contributed by atoms with van der Waals surface area (Å²) >= 11 is 1.48. The molecule has 1 amide bonds. The molecule has 0 aromatic carbocycles. The van der Waals surface area contributed by atoms with Crippen molar-refractivity contribution in [3.05, 3.63) is 22.4 Å². The highest BCUT2D eigenvalue weighted by molar-refractivity contribution is 7.12. The fourth-order valence-corrected chi connectivity index (χ4v) is 2.60. The first-order valence-corrected chi connectivity index (χ1v) is 6.59. The Balaban J connectivity index is 1.82. The summed E-state index contributed by atoms with van der Waals surface area (Å²) in [6, 6.07) is 3.75. The van der Waals surface area contributed by atoms with Crippen LogP contribution in [0.25, 0.3) is 0 Å². The van der Waals surface area contributed by atoms with E-state index in [-0.39, 0.29) is 11.7 Å². The zero-order valence-electron chi connectivity index (χ0n) is 9.89. The lowest BCUT2D eigenvalue weighted by atomic mass is 10.2. The SMILES string of the molecule is CC(=O)N1CCN(CC(=O)c2cccs2)CC1. The predicted octanol–water partition coefficient (Wildman–Crippen LogP) is 1.09. The van der Waals surface area contributed by atoms with E-state index in [9.17, 15) is 9.59 Å². The van der Waals surface area contributed by atoms with E-state index in [1.54, 1.807) is 6.92 Å². The maximum absolute atomic E-state index is 11.9. The van der Waals surface area contributed by atoms with E-state index in [0.29, 0.717) is 6.54 Å². The van der Waals surface area contributed by atoms with Crippen LogP contribution in [0.15, 0.2) is 17.5 Å². The Morgan fingerprint density at radius 3 is 2.53 bits per heavy atom. The molecule has 0 atom stereocenters. The van der Waals surface area contributed by atoms with E-state index in [1.165, 1.54) is 11.3 Å². The van der Waals surface area contributed by atoms with Crippen LogP contribution in [-0.4, -0.2) is 54.2 Å². The Kier molecular flexibility index (Phi) is 3.91. The molecule has 5 heteroatoms. The van der Waals surface area contributed by atoms with Gasteiger partial charge in [-0.25, -0.2) is 0 Å². The molecule has 17 heavy (non-hydrogen) atoms. The van der Waals surface area contributed by atoms with Gasteiger partial charge in [0.25, 0.3) is 0 Å². The minimum absolute atomic E-state index is 0.120. The number of amides is 1. The third kappa shape index (κ3) is 3.14. The van der Waals surface area contributed by atoms with Gasteiger partial charge in [-0.2, -0.15) is 0 Å². The Morgan fingerprint density at radius 1 is 1.29 bits per heavy atom. The van der Waals surface area contributed by atoms with Gasteiger partial charge < -0.3 is 4.90 Å². The molecule has 1 saturated heterocycles. The molecule has 1 fully saturated rings. The molecular weight excluding hydrogens is 236 g/mol. The second-order valence-corrected chi connectivity index (χ2v) is 5.13. The lowest BCUT2D eigenvalue weighted by Crippen LogP contribution is -2.49. The van der Waals surface area contributed by atoms with Crippen molar-refractivity contribution < 1.29 is 9.59 Å². The largest absolute Gasteiger partial charge is 0.340 e. The smallest absolute Gasteiger partial charge is 0.219 e. The predicted molar refractivity (Wildman–Crippen MR) is 67.3 cm³/mol. The standard InChI is InChI=1S/C12H16N2O2S/c1-10(15)14-6-4-13(5-7-14)9-11(16)12-3-2-8-17-12/h2-3,8H,4-7,9H2,1H3. The van der Waals surface area contributed by atoms with Crippen LogP contribution in [0.4, 0.5) is 0 Å². The zero-order chi connectivity index (χ0) is 12.3. The van der Waals surface area contributed by atoms with E-state index >= 15 is 0 Å². The lowest BCUT2D eigenvalue weighted by molar-refractivity contribution is -0.130. The van der Waals surface area contributed by atoms with E-state index in [0.717, 1.165) is 31.1 Å². The van der Waals surface area contributed by atoms with Crippen LogP contribution in [0.3, 0.4) is 0 Å². The van der Waals surface area contributed by atoms with Gasteiger partial charge in [0.05, 0.1) is 11.4 Å². The number of piperazine rings is 1. The van der Waals surface area contributed by atoms with Crippen LogP contribution in [0, 0.1) is 0 Å². The number of carbonyl (C=O) groups is 2. The van der Waals surface area contributed by atoms with Gasteiger partial charge in [-0.1, -0.05) is 6.07 Å². The molecule has 2 rings (SSSR count). The van der Waals surface area contributed by atoms with Crippen LogP contribution in [0.1, 0.15) is 16.6 Å². The highest BCUT2D eigenvalue weighted by Crippen LogP contribution is 2.11. The average Bonchev–Trinajstić information content (AvgIpc) is 2.83. The van der Waals surface area contributed by atoms with Crippen molar-refractivity contribution in [3.63, 3.8) is 0 Å². The van der Waals surface area contributed by atoms with Crippen LogP contribution < -0.4 is 0 Å². The van der Waals surface area contributed by atoms with Crippen LogP contribution in [0.2, 0.25) is 0 Å². The number of rotatable bonds is 3. The Bertz CT molecular complexity index is 395. The van der Waals surface area contributed by atoms with Gasteiger partial charge in [-0.05, 0) is 11.4 Å². The first kappa shape index (κ1) is 12.3. The van der Waals surface area contributed by atoms with Gasteiger partial charge >= 0.3 is 0 Å². The summed E-state index contributed by atoms with van der Waals surface area (Å²) < 4.78 is 0. The van der Waals surface area contributed by atoms with Gasteiger partial charge in [0.1, 0.15) is 0 Å². The summed E-state index contributed by atoms with van der Waals surface area (Å²) in [5.41, 5.74) is 0. The van der Waals surface area contributed by atoms with Crippen molar-refractivity contribution in [2.45, 2.75) is 6.92 Å². The summed E-state index contributed by atoms with van der Waals surface area (Å²) in [7, 11) is 0. The third-order valence-electron chi connectivity index (χ3n) is 2.98. The molecule has 1 aliphatic heterocycles. The first-order valence-electron chi connectivity index (χ1n) is 5.71. The maximum Gasteiger partial charge on any atom is 0.219 e. The first-order chi connectivity index (χ1) is 8.16. The lowest BCUT2D eigenvalue weighted by Gasteiger charge is -2.33. The van der Waals surface area contributed by atoms with Gasteiger partial charge in [0.15, 0.2) is 5.78 Å². The van der Waals surface area contributed by atoms with E-state index in [4.69, 9.17) is 0 Å². The number of thiophene rings is 1. The second-order valence-electron chi connectivity index (χ2n) is 4.18. The molecule has 0 unspecified atom stereocenters. The molecule has 1 aromatic rings. The van der Waals surface area contributed by atoms with E-state index in [2.05, 4.69) is 4.90 Å². The normalized spacial score (nSPS) is 17.1. The molecule has 4 nitrogen and oxygen atoms in total. The fraction of sp³-hybridized carbons (Fsp3) is 0.500. The highest BCUT2D eigenvalue weighted by Gasteiger charge is 2.20. The van der Waals surface area contributed by atoms with Gasteiger partial charge in [-0.15, -0.1) is 11.3 Å². The summed E-state index contributed by atoms with van der Waals surface area (Å²) in [5, 5.41) is 1.92. The Labute approximate surface area is 105 Å².